The number of ether oxygens (including phenoxy) is 1. The number of hydrogen-bond acceptors (Lipinski definition) is 4. The largest absolute Gasteiger partial charge is 0.463 e. The van der Waals surface area contributed by atoms with Gasteiger partial charge in [-0.3, -0.25) is 4.90 Å². The molecule has 2 amide bonds. The molecule has 0 aromatic heterocycles. The molecule has 1 fully saturated rings. The molecule has 2 aliphatic rings. The number of piperidine rings is 1. The zero-order chi connectivity index (χ0) is 22.3. The molecule has 0 spiro atoms. The lowest BCUT2D eigenvalue weighted by Gasteiger charge is -2.35. The van der Waals surface area contributed by atoms with E-state index in [0.29, 0.717) is 23.7 Å². The topological polar surface area (TPSA) is 70.7 Å². The summed E-state index contributed by atoms with van der Waals surface area (Å²) in [6, 6.07) is 19.4. The van der Waals surface area contributed by atoms with Gasteiger partial charge in [0.25, 0.3) is 0 Å². The number of nitrogens with zero attached hydrogens (tertiary/aromatic N) is 1. The highest BCUT2D eigenvalue weighted by Gasteiger charge is 2.34. The molecular formula is C26H31N3O3. The Balaban J connectivity index is 1.49. The van der Waals surface area contributed by atoms with E-state index in [4.69, 9.17) is 4.74 Å². The van der Waals surface area contributed by atoms with Crippen LogP contribution in [0, 0.1) is 5.92 Å². The molecule has 168 valence electrons. The van der Waals surface area contributed by atoms with Crippen molar-refractivity contribution in [2.24, 2.45) is 5.92 Å². The van der Waals surface area contributed by atoms with Gasteiger partial charge in [0, 0.05) is 12.2 Å². The first kappa shape index (κ1) is 22.1. The van der Waals surface area contributed by atoms with E-state index in [1.54, 1.807) is 6.92 Å². The lowest BCUT2D eigenvalue weighted by atomic mass is 9.89. The van der Waals surface area contributed by atoms with Crippen LogP contribution in [0.15, 0.2) is 71.9 Å². The Morgan fingerprint density at radius 2 is 1.69 bits per heavy atom. The van der Waals surface area contributed by atoms with Gasteiger partial charge in [0.1, 0.15) is 0 Å². The fourth-order valence-electron chi connectivity index (χ4n) is 4.61. The second kappa shape index (κ2) is 10.5. The fraction of sp³-hybridized carbons (Fsp3) is 0.385. The first-order valence-electron chi connectivity index (χ1n) is 11.4. The van der Waals surface area contributed by atoms with Crippen LogP contribution in [-0.4, -0.2) is 43.1 Å². The third-order valence-electron chi connectivity index (χ3n) is 6.24. The Morgan fingerprint density at radius 1 is 1.03 bits per heavy atom. The van der Waals surface area contributed by atoms with Crippen LogP contribution in [0.3, 0.4) is 0 Å². The minimum absolute atomic E-state index is 0.288. The predicted molar refractivity (Wildman–Crippen MR) is 124 cm³/mol. The SMILES string of the molecule is CCOC(=O)C1=C(CN2CCC(Cc3ccccc3)CC2)NC(=O)N[C@@H]1c1ccccc1. The molecule has 32 heavy (non-hydrogen) atoms. The molecular weight excluding hydrogens is 402 g/mol. The Morgan fingerprint density at radius 3 is 2.34 bits per heavy atom. The quantitative estimate of drug-likeness (QED) is 0.652. The van der Waals surface area contributed by atoms with Crippen molar-refractivity contribution in [1.29, 1.82) is 0 Å². The van der Waals surface area contributed by atoms with E-state index in [1.165, 1.54) is 5.56 Å². The third-order valence-corrected chi connectivity index (χ3v) is 6.24. The van der Waals surface area contributed by atoms with Gasteiger partial charge in [-0.15, -0.1) is 0 Å². The maximum Gasteiger partial charge on any atom is 0.338 e. The number of hydrogen-bond donors (Lipinski definition) is 2. The first-order chi connectivity index (χ1) is 15.6. The third kappa shape index (κ3) is 5.37. The molecule has 0 unspecified atom stereocenters. The fourth-order valence-corrected chi connectivity index (χ4v) is 4.61. The summed E-state index contributed by atoms with van der Waals surface area (Å²) in [5.74, 6) is 0.273. The second-order valence-corrected chi connectivity index (χ2v) is 8.46. The van der Waals surface area contributed by atoms with Gasteiger partial charge in [0.05, 0.1) is 18.2 Å². The number of benzene rings is 2. The smallest absolute Gasteiger partial charge is 0.338 e. The lowest BCUT2D eigenvalue weighted by molar-refractivity contribution is -0.139. The molecule has 1 saturated heterocycles. The van der Waals surface area contributed by atoms with Crippen LogP contribution in [0.2, 0.25) is 0 Å². The predicted octanol–water partition coefficient (Wildman–Crippen LogP) is 3.81. The van der Waals surface area contributed by atoms with Gasteiger partial charge in [-0.25, -0.2) is 9.59 Å². The number of carbonyl (C=O) groups excluding carboxylic acids is 2. The highest BCUT2D eigenvalue weighted by atomic mass is 16.5. The summed E-state index contributed by atoms with van der Waals surface area (Å²) >= 11 is 0. The number of esters is 1. The zero-order valence-electron chi connectivity index (χ0n) is 18.5. The molecule has 0 bridgehead atoms. The monoisotopic (exact) mass is 433 g/mol. The summed E-state index contributed by atoms with van der Waals surface area (Å²) in [6.45, 7) is 4.49. The Kier molecular flexibility index (Phi) is 7.22. The van der Waals surface area contributed by atoms with Crippen molar-refractivity contribution in [3.8, 4) is 0 Å². The van der Waals surface area contributed by atoms with Crippen molar-refractivity contribution < 1.29 is 14.3 Å². The molecule has 0 aliphatic carbocycles. The zero-order valence-corrected chi connectivity index (χ0v) is 18.5. The van der Waals surface area contributed by atoms with E-state index in [-0.39, 0.29) is 18.6 Å². The average Bonchev–Trinajstić information content (AvgIpc) is 2.81. The Labute approximate surface area is 189 Å². The van der Waals surface area contributed by atoms with Crippen LogP contribution in [0.4, 0.5) is 4.79 Å². The summed E-state index contributed by atoms with van der Waals surface area (Å²) < 4.78 is 5.36. The van der Waals surface area contributed by atoms with Gasteiger partial charge in [0.2, 0.25) is 0 Å². The van der Waals surface area contributed by atoms with Gasteiger partial charge in [-0.05, 0) is 56.3 Å². The van der Waals surface area contributed by atoms with Crippen LogP contribution >= 0.6 is 0 Å². The lowest BCUT2D eigenvalue weighted by Crippen LogP contribution is -2.49. The molecule has 6 heteroatoms. The molecule has 2 aromatic rings. The normalized spacial score (nSPS) is 19.9. The molecule has 4 rings (SSSR count). The number of likely N-dealkylation sites (tertiary alicyclic amines) is 1. The number of carbonyl (C=O) groups is 2. The van der Waals surface area contributed by atoms with Crippen LogP contribution in [0.1, 0.15) is 36.9 Å². The van der Waals surface area contributed by atoms with Crippen molar-refractivity contribution >= 4 is 12.0 Å². The molecule has 2 N–H and O–H groups in total. The van der Waals surface area contributed by atoms with Crippen molar-refractivity contribution in [2.45, 2.75) is 32.2 Å². The van der Waals surface area contributed by atoms with Gasteiger partial charge >= 0.3 is 12.0 Å². The number of amides is 2. The van der Waals surface area contributed by atoms with Gasteiger partial charge in [-0.1, -0.05) is 60.7 Å². The minimum Gasteiger partial charge on any atom is -0.463 e. The molecule has 0 radical (unpaired) electrons. The van der Waals surface area contributed by atoms with Gasteiger partial charge in [-0.2, -0.15) is 0 Å². The van der Waals surface area contributed by atoms with E-state index in [0.717, 1.165) is 37.9 Å². The summed E-state index contributed by atoms with van der Waals surface area (Å²) in [7, 11) is 0. The van der Waals surface area contributed by atoms with Gasteiger partial charge in [0.15, 0.2) is 0 Å². The van der Waals surface area contributed by atoms with Crippen LogP contribution in [0.5, 0.6) is 0 Å². The van der Waals surface area contributed by atoms with E-state index in [1.807, 2.05) is 30.3 Å². The van der Waals surface area contributed by atoms with Crippen molar-refractivity contribution in [3.05, 3.63) is 83.1 Å². The molecule has 2 aromatic carbocycles. The van der Waals surface area contributed by atoms with Crippen LogP contribution in [0.25, 0.3) is 0 Å². The Bertz CT molecular complexity index is 951. The first-order valence-corrected chi connectivity index (χ1v) is 11.4. The standard InChI is InChI=1S/C26H31N3O3/c1-2-32-25(30)23-22(27-26(31)28-24(23)21-11-7-4-8-12-21)18-29-15-13-20(14-16-29)17-19-9-5-3-6-10-19/h3-12,20,24H,2,13-18H2,1H3,(H2,27,28,31)/t24-/m1/s1. The number of rotatable bonds is 7. The summed E-state index contributed by atoms with van der Waals surface area (Å²) in [4.78, 5) is 27.7. The van der Waals surface area contributed by atoms with Gasteiger partial charge < -0.3 is 15.4 Å². The molecule has 2 aliphatic heterocycles. The molecule has 6 nitrogen and oxygen atoms in total. The van der Waals surface area contributed by atoms with E-state index < -0.39 is 6.04 Å². The van der Waals surface area contributed by atoms with Crippen LogP contribution < -0.4 is 10.6 Å². The number of nitrogens with one attached hydrogen (secondary N) is 2. The molecule has 0 saturated carbocycles. The van der Waals surface area contributed by atoms with Crippen molar-refractivity contribution in [1.82, 2.24) is 15.5 Å². The minimum atomic E-state index is -0.519. The van der Waals surface area contributed by atoms with E-state index in [2.05, 4.69) is 45.9 Å². The summed E-state index contributed by atoms with van der Waals surface area (Å²) in [6.07, 6.45) is 3.30. The average molecular weight is 434 g/mol. The van der Waals surface area contributed by atoms with Crippen LogP contribution in [-0.2, 0) is 16.0 Å². The highest BCUT2D eigenvalue weighted by Crippen LogP contribution is 2.29. The summed E-state index contributed by atoms with van der Waals surface area (Å²) in [5.41, 5.74) is 3.38. The molecule has 1 atom stereocenters. The highest BCUT2D eigenvalue weighted by molar-refractivity contribution is 5.95. The second-order valence-electron chi connectivity index (χ2n) is 8.46. The van der Waals surface area contributed by atoms with E-state index >= 15 is 0 Å². The van der Waals surface area contributed by atoms with Crippen molar-refractivity contribution in [2.75, 3.05) is 26.2 Å². The maximum absolute atomic E-state index is 12.9. The Hall–Kier alpha value is -3.12. The summed E-state index contributed by atoms with van der Waals surface area (Å²) in [5, 5.41) is 5.79. The van der Waals surface area contributed by atoms with E-state index in [9.17, 15) is 9.59 Å². The number of urea groups is 1. The molecule has 2 heterocycles. The maximum atomic E-state index is 12.9. The van der Waals surface area contributed by atoms with Crippen molar-refractivity contribution in [3.63, 3.8) is 0 Å².